The van der Waals surface area contributed by atoms with Crippen molar-refractivity contribution in [3.8, 4) is 0 Å². The molecule has 0 radical (unpaired) electrons. The maximum Gasteiger partial charge on any atom is 0.252 e. The Morgan fingerprint density at radius 3 is 2.28 bits per heavy atom. The molecule has 0 bridgehead atoms. The van der Waals surface area contributed by atoms with Gasteiger partial charge in [-0.3, -0.25) is 9.59 Å². The van der Waals surface area contributed by atoms with Crippen LogP contribution in [0, 0.1) is 5.92 Å². The Bertz CT molecular complexity index is 694. The van der Waals surface area contributed by atoms with E-state index in [0.717, 1.165) is 16.2 Å². The summed E-state index contributed by atoms with van der Waals surface area (Å²) in [6.45, 7) is 9.70. The van der Waals surface area contributed by atoms with E-state index < -0.39 is 16.1 Å². The van der Waals surface area contributed by atoms with Crippen molar-refractivity contribution in [3.05, 3.63) is 17.0 Å². The van der Waals surface area contributed by atoms with Gasteiger partial charge in [0.05, 0.1) is 6.54 Å². The lowest BCUT2D eigenvalue weighted by molar-refractivity contribution is -0.129. The van der Waals surface area contributed by atoms with E-state index in [1.807, 2.05) is 13.8 Å². The number of nitrogens with one attached hydrogen (secondary N) is 2. The second-order valence-electron chi connectivity index (χ2n) is 5.95. The Morgan fingerprint density at radius 1 is 1.20 bits per heavy atom. The number of amides is 2. The number of hydrogen-bond donors (Lipinski definition) is 2. The molecule has 7 nitrogen and oxygen atoms in total. The van der Waals surface area contributed by atoms with Crippen LogP contribution >= 0.6 is 11.3 Å². The molecule has 2 amide bonds. The van der Waals surface area contributed by atoms with Gasteiger partial charge < -0.3 is 10.6 Å². The fourth-order valence-corrected chi connectivity index (χ4v) is 5.23. The lowest BCUT2D eigenvalue weighted by Crippen LogP contribution is -2.48. The summed E-state index contributed by atoms with van der Waals surface area (Å²) in [4.78, 5) is 24.2. The molecular formula is C16H27N3O4S2. The number of carbonyl (C=O) groups excluding carboxylic acids is 2. The second-order valence-corrected chi connectivity index (χ2v) is 9.28. The zero-order valence-corrected chi connectivity index (χ0v) is 17.0. The molecule has 1 heterocycles. The van der Waals surface area contributed by atoms with Crippen molar-refractivity contribution in [2.75, 3.05) is 13.1 Å². The SMILES string of the molecule is CCN(CC)S(=O)(=O)c1ccc(CNC(=O)C(NC(C)=O)C(C)C)s1. The van der Waals surface area contributed by atoms with Gasteiger partial charge in [0.25, 0.3) is 10.0 Å². The summed E-state index contributed by atoms with van der Waals surface area (Å²) in [5, 5.41) is 5.38. The molecule has 9 heteroatoms. The standard InChI is InChI=1S/C16H27N3O4S2/c1-6-19(7-2)25(22,23)14-9-8-13(24-14)10-17-16(21)15(11(3)4)18-12(5)20/h8-9,11,15H,6-7,10H2,1-5H3,(H,17,21)(H,18,20). The molecule has 0 saturated heterocycles. The molecule has 142 valence electrons. The van der Waals surface area contributed by atoms with Crippen molar-refractivity contribution in [1.82, 2.24) is 14.9 Å². The first-order chi connectivity index (χ1) is 11.6. The predicted molar refractivity (Wildman–Crippen MR) is 98.7 cm³/mol. The molecule has 1 unspecified atom stereocenters. The molecule has 0 aliphatic heterocycles. The molecular weight excluding hydrogens is 362 g/mol. The molecule has 1 atom stereocenters. The van der Waals surface area contributed by atoms with Crippen molar-refractivity contribution in [1.29, 1.82) is 0 Å². The van der Waals surface area contributed by atoms with Crippen LogP contribution < -0.4 is 10.6 Å². The summed E-state index contributed by atoms with van der Waals surface area (Å²) in [7, 11) is -3.48. The van der Waals surface area contributed by atoms with Gasteiger partial charge in [-0.15, -0.1) is 11.3 Å². The third-order valence-electron chi connectivity index (χ3n) is 3.68. The Kier molecular flexibility index (Phi) is 8.04. The van der Waals surface area contributed by atoms with Crippen LogP contribution in [0.15, 0.2) is 16.3 Å². The largest absolute Gasteiger partial charge is 0.349 e. The molecule has 0 aliphatic carbocycles. The van der Waals surface area contributed by atoms with Gasteiger partial charge in [0.1, 0.15) is 10.3 Å². The van der Waals surface area contributed by atoms with Crippen LogP contribution in [0.3, 0.4) is 0 Å². The average molecular weight is 390 g/mol. The van der Waals surface area contributed by atoms with Crippen molar-refractivity contribution in [2.45, 2.75) is 51.4 Å². The number of thiophene rings is 1. The zero-order chi connectivity index (χ0) is 19.2. The minimum Gasteiger partial charge on any atom is -0.349 e. The van der Waals surface area contributed by atoms with Gasteiger partial charge in [-0.2, -0.15) is 4.31 Å². The van der Waals surface area contributed by atoms with Crippen LogP contribution in [-0.4, -0.2) is 43.7 Å². The fraction of sp³-hybridized carbons (Fsp3) is 0.625. The highest BCUT2D eigenvalue weighted by atomic mass is 32.2. The highest BCUT2D eigenvalue weighted by molar-refractivity contribution is 7.91. The van der Waals surface area contributed by atoms with Gasteiger partial charge >= 0.3 is 0 Å². The number of sulfonamides is 1. The molecule has 0 aromatic carbocycles. The van der Waals surface area contributed by atoms with Crippen LogP contribution in [-0.2, 0) is 26.2 Å². The topological polar surface area (TPSA) is 95.6 Å². The molecule has 0 aliphatic rings. The summed E-state index contributed by atoms with van der Waals surface area (Å²) in [6.07, 6.45) is 0. The number of hydrogen-bond acceptors (Lipinski definition) is 5. The van der Waals surface area contributed by atoms with E-state index in [1.54, 1.807) is 26.0 Å². The van der Waals surface area contributed by atoms with Gasteiger partial charge in [0.2, 0.25) is 11.8 Å². The highest BCUT2D eigenvalue weighted by Gasteiger charge is 2.25. The molecule has 1 aromatic rings. The summed E-state index contributed by atoms with van der Waals surface area (Å²) in [6, 6.07) is 2.65. The van der Waals surface area contributed by atoms with Crippen LogP contribution in [0.1, 0.15) is 39.5 Å². The minimum atomic E-state index is -3.48. The number of rotatable bonds is 9. The second kappa shape index (κ2) is 9.30. The van der Waals surface area contributed by atoms with Crippen molar-refractivity contribution in [3.63, 3.8) is 0 Å². The maximum absolute atomic E-state index is 12.5. The minimum absolute atomic E-state index is 0.0501. The molecule has 1 aromatic heterocycles. The lowest BCUT2D eigenvalue weighted by atomic mass is 10.0. The van der Waals surface area contributed by atoms with E-state index >= 15 is 0 Å². The van der Waals surface area contributed by atoms with Crippen LogP contribution in [0.4, 0.5) is 0 Å². The molecule has 1 rings (SSSR count). The quantitative estimate of drug-likeness (QED) is 0.670. The first kappa shape index (κ1) is 21.6. The molecule has 2 N–H and O–H groups in total. The van der Waals surface area contributed by atoms with Gasteiger partial charge in [-0.25, -0.2) is 8.42 Å². The third-order valence-corrected chi connectivity index (χ3v) is 7.28. The Hall–Kier alpha value is -1.45. The van der Waals surface area contributed by atoms with E-state index in [9.17, 15) is 18.0 Å². The molecule has 0 spiro atoms. The van der Waals surface area contributed by atoms with E-state index in [4.69, 9.17) is 0 Å². The fourth-order valence-electron chi connectivity index (χ4n) is 2.32. The van der Waals surface area contributed by atoms with E-state index in [1.165, 1.54) is 11.2 Å². The van der Waals surface area contributed by atoms with Crippen LogP contribution in [0.25, 0.3) is 0 Å². The monoisotopic (exact) mass is 389 g/mol. The van der Waals surface area contributed by atoms with E-state index in [0.29, 0.717) is 13.1 Å². The Balaban J connectivity index is 2.78. The summed E-state index contributed by atoms with van der Waals surface area (Å²) < 4.78 is 26.6. The van der Waals surface area contributed by atoms with E-state index in [2.05, 4.69) is 10.6 Å². The molecule has 0 fully saturated rings. The number of nitrogens with zero attached hydrogens (tertiary/aromatic N) is 1. The first-order valence-electron chi connectivity index (χ1n) is 8.27. The van der Waals surface area contributed by atoms with E-state index in [-0.39, 0.29) is 28.5 Å². The zero-order valence-electron chi connectivity index (χ0n) is 15.3. The van der Waals surface area contributed by atoms with Gasteiger partial charge in [0, 0.05) is 24.9 Å². The van der Waals surface area contributed by atoms with Gasteiger partial charge in [-0.1, -0.05) is 27.7 Å². The Morgan fingerprint density at radius 2 is 1.80 bits per heavy atom. The highest BCUT2D eigenvalue weighted by Crippen LogP contribution is 2.24. The van der Waals surface area contributed by atoms with Crippen molar-refractivity contribution in [2.24, 2.45) is 5.92 Å². The molecule has 25 heavy (non-hydrogen) atoms. The third kappa shape index (κ3) is 5.79. The van der Waals surface area contributed by atoms with Crippen LogP contribution in [0.5, 0.6) is 0 Å². The van der Waals surface area contributed by atoms with Gasteiger partial charge in [-0.05, 0) is 18.1 Å². The Labute approximate surface area is 153 Å². The van der Waals surface area contributed by atoms with Crippen LogP contribution in [0.2, 0.25) is 0 Å². The van der Waals surface area contributed by atoms with Crippen molar-refractivity contribution < 1.29 is 18.0 Å². The smallest absolute Gasteiger partial charge is 0.252 e. The lowest BCUT2D eigenvalue weighted by Gasteiger charge is -2.20. The van der Waals surface area contributed by atoms with Gasteiger partial charge in [0.15, 0.2) is 0 Å². The first-order valence-corrected chi connectivity index (χ1v) is 10.5. The summed E-state index contributed by atoms with van der Waals surface area (Å²) in [5.41, 5.74) is 0. The average Bonchev–Trinajstić information content (AvgIpc) is 3.00. The maximum atomic E-state index is 12.5. The predicted octanol–water partition coefficient (Wildman–Crippen LogP) is 1.56. The molecule has 0 saturated carbocycles. The number of carbonyl (C=O) groups is 2. The van der Waals surface area contributed by atoms with Crippen molar-refractivity contribution >= 4 is 33.2 Å². The summed E-state index contributed by atoms with van der Waals surface area (Å²) >= 11 is 1.14. The summed E-state index contributed by atoms with van der Waals surface area (Å²) in [5.74, 6) is -0.602. The normalized spacial score (nSPS) is 13.1.